The monoisotopic (exact) mass is 387 g/mol. The largest absolute Gasteiger partial charge is 0.326 e. The Bertz CT molecular complexity index is 877. The van der Waals surface area contributed by atoms with Crippen LogP contribution in [0.1, 0.15) is 26.3 Å². The van der Waals surface area contributed by atoms with Crippen molar-refractivity contribution in [2.45, 2.75) is 27.7 Å². The molecule has 7 heteroatoms. The van der Waals surface area contributed by atoms with Crippen molar-refractivity contribution in [2.75, 3.05) is 16.0 Å². The fourth-order valence-electron chi connectivity index (χ4n) is 2.19. The summed E-state index contributed by atoms with van der Waals surface area (Å²) in [5.74, 6) is -1.08. The third-order valence-corrected chi connectivity index (χ3v) is 4.44. The molecule has 0 aliphatic rings. The second-order valence-electron chi connectivity index (χ2n) is 6.76. The van der Waals surface area contributed by atoms with Gasteiger partial charge in [-0.2, -0.15) is 0 Å². The van der Waals surface area contributed by atoms with Crippen LogP contribution in [-0.4, -0.2) is 17.7 Å². The van der Waals surface area contributed by atoms with Crippen molar-refractivity contribution in [2.24, 2.45) is 5.41 Å². The molecule has 0 saturated carbocycles. The first kappa shape index (κ1) is 20.5. The molecule has 0 bridgehead atoms. The number of carbonyl (C=O) groups excluding carboxylic acids is 3. The van der Waals surface area contributed by atoms with Gasteiger partial charge in [-0.15, -0.1) is 0 Å². The number of nitrogens with one attached hydrogen (secondary N) is 3. The van der Waals surface area contributed by atoms with Crippen LogP contribution in [0.2, 0.25) is 5.02 Å². The fourth-order valence-corrected chi connectivity index (χ4v) is 2.37. The summed E-state index contributed by atoms with van der Waals surface area (Å²) >= 11 is 6.07. The summed E-state index contributed by atoms with van der Waals surface area (Å²) in [6.07, 6.45) is 0. The molecule has 142 valence electrons. The average molecular weight is 388 g/mol. The Balaban J connectivity index is 2.05. The Hall–Kier alpha value is -2.86. The Labute approximate surface area is 163 Å². The van der Waals surface area contributed by atoms with Gasteiger partial charge in [-0.3, -0.25) is 14.4 Å². The van der Waals surface area contributed by atoms with Crippen molar-refractivity contribution < 1.29 is 14.4 Å². The lowest BCUT2D eigenvalue weighted by atomic mass is 9.90. The Morgan fingerprint density at radius 2 is 1.26 bits per heavy atom. The summed E-state index contributed by atoms with van der Waals surface area (Å²) in [5, 5.41) is 8.61. The van der Waals surface area contributed by atoms with Crippen LogP contribution in [0.25, 0.3) is 0 Å². The summed E-state index contributed by atoms with van der Waals surface area (Å²) in [6.45, 7) is 6.36. The summed E-state index contributed by atoms with van der Waals surface area (Å²) in [7, 11) is 0. The van der Waals surface area contributed by atoms with Crippen LogP contribution in [0.4, 0.5) is 17.1 Å². The second kappa shape index (κ2) is 8.22. The molecule has 0 fully saturated rings. The zero-order chi connectivity index (χ0) is 20.2. The molecule has 0 aromatic heterocycles. The highest BCUT2D eigenvalue weighted by Crippen LogP contribution is 2.25. The first-order valence-corrected chi connectivity index (χ1v) is 8.74. The van der Waals surface area contributed by atoms with E-state index in [-0.39, 0.29) is 5.91 Å². The van der Waals surface area contributed by atoms with Crippen molar-refractivity contribution in [3.63, 3.8) is 0 Å². The standard InChI is InChI=1S/C20H22ClN3O3/c1-12-5-6-16(11-17(12)21)24-19(27)20(3,4)18(26)23-15-9-7-14(8-10-15)22-13(2)25/h5-11H,1-4H3,(H,22,25)(H,23,26)(H,24,27). The van der Waals surface area contributed by atoms with Crippen molar-refractivity contribution in [3.05, 3.63) is 53.1 Å². The number of amides is 3. The van der Waals surface area contributed by atoms with Crippen LogP contribution in [0.15, 0.2) is 42.5 Å². The van der Waals surface area contributed by atoms with E-state index >= 15 is 0 Å². The van der Waals surface area contributed by atoms with Crippen LogP contribution in [0, 0.1) is 12.3 Å². The maximum Gasteiger partial charge on any atom is 0.239 e. The minimum atomic E-state index is -1.31. The second-order valence-corrected chi connectivity index (χ2v) is 7.16. The van der Waals surface area contributed by atoms with Gasteiger partial charge in [0.05, 0.1) is 0 Å². The minimum absolute atomic E-state index is 0.180. The first-order valence-electron chi connectivity index (χ1n) is 8.36. The third kappa shape index (κ3) is 5.31. The lowest BCUT2D eigenvalue weighted by molar-refractivity contribution is -0.135. The third-order valence-electron chi connectivity index (χ3n) is 4.03. The molecule has 3 amide bonds. The van der Waals surface area contributed by atoms with Gasteiger partial charge >= 0.3 is 0 Å². The highest BCUT2D eigenvalue weighted by Gasteiger charge is 2.36. The van der Waals surface area contributed by atoms with E-state index in [1.54, 1.807) is 56.3 Å². The SMILES string of the molecule is CC(=O)Nc1ccc(NC(=O)C(C)(C)C(=O)Nc2ccc(C)c(Cl)c2)cc1. The summed E-state index contributed by atoms with van der Waals surface area (Å²) in [5.41, 5.74) is 1.25. The van der Waals surface area contributed by atoms with E-state index in [0.29, 0.717) is 22.1 Å². The number of hydrogen-bond donors (Lipinski definition) is 3. The van der Waals surface area contributed by atoms with Gasteiger partial charge in [-0.1, -0.05) is 17.7 Å². The molecule has 0 radical (unpaired) electrons. The van der Waals surface area contributed by atoms with Crippen LogP contribution in [-0.2, 0) is 14.4 Å². The quantitative estimate of drug-likeness (QED) is 0.671. The van der Waals surface area contributed by atoms with Gasteiger partial charge in [0.1, 0.15) is 5.41 Å². The van der Waals surface area contributed by atoms with Gasteiger partial charge < -0.3 is 16.0 Å². The summed E-state index contributed by atoms with van der Waals surface area (Å²) in [6, 6.07) is 11.8. The van der Waals surface area contributed by atoms with Crippen LogP contribution in [0.5, 0.6) is 0 Å². The molecule has 2 aromatic carbocycles. The molecule has 0 unspecified atom stereocenters. The normalized spacial score (nSPS) is 10.9. The van der Waals surface area contributed by atoms with Gasteiger partial charge in [0.25, 0.3) is 0 Å². The number of halogens is 1. The highest BCUT2D eigenvalue weighted by atomic mass is 35.5. The summed E-state index contributed by atoms with van der Waals surface area (Å²) in [4.78, 5) is 36.2. The molecular formula is C20H22ClN3O3. The molecule has 2 aromatic rings. The molecule has 0 atom stereocenters. The lowest BCUT2D eigenvalue weighted by Gasteiger charge is -2.23. The topological polar surface area (TPSA) is 87.3 Å². The molecule has 3 N–H and O–H groups in total. The number of anilines is 3. The van der Waals surface area contributed by atoms with E-state index in [2.05, 4.69) is 16.0 Å². The van der Waals surface area contributed by atoms with Gasteiger partial charge in [-0.05, 0) is 62.7 Å². The van der Waals surface area contributed by atoms with Gasteiger partial charge in [-0.25, -0.2) is 0 Å². The molecule has 0 spiro atoms. The van der Waals surface area contributed by atoms with Crippen LogP contribution >= 0.6 is 11.6 Å². The van der Waals surface area contributed by atoms with Crippen LogP contribution in [0.3, 0.4) is 0 Å². The first-order chi connectivity index (χ1) is 12.6. The number of benzene rings is 2. The predicted octanol–water partition coefficient (Wildman–Crippen LogP) is 4.21. The number of carbonyl (C=O) groups is 3. The molecule has 0 heterocycles. The van der Waals surface area contributed by atoms with Crippen molar-refractivity contribution in [1.29, 1.82) is 0 Å². The fraction of sp³-hybridized carbons (Fsp3) is 0.250. The minimum Gasteiger partial charge on any atom is -0.326 e. The maximum atomic E-state index is 12.6. The predicted molar refractivity (Wildman–Crippen MR) is 108 cm³/mol. The number of hydrogen-bond acceptors (Lipinski definition) is 3. The molecule has 0 saturated heterocycles. The summed E-state index contributed by atoms with van der Waals surface area (Å²) < 4.78 is 0. The Kier molecular flexibility index (Phi) is 6.23. The Morgan fingerprint density at radius 3 is 1.74 bits per heavy atom. The van der Waals surface area contributed by atoms with E-state index < -0.39 is 17.2 Å². The van der Waals surface area contributed by atoms with Crippen molar-refractivity contribution in [3.8, 4) is 0 Å². The number of rotatable bonds is 5. The van der Waals surface area contributed by atoms with Crippen LogP contribution < -0.4 is 16.0 Å². The van der Waals surface area contributed by atoms with Crippen molar-refractivity contribution >= 4 is 46.4 Å². The molecule has 0 aliphatic carbocycles. The highest BCUT2D eigenvalue weighted by molar-refractivity contribution is 6.31. The zero-order valence-corrected chi connectivity index (χ0v) is 16.4. The maximum absolute atomic E-state index is 12.6. The number of aryl methyl sites for hydroxylation is 1. The molecular weight excluding hydrogens is 366 g/mol. The zero-order valence-electron chi connectivity index (χ0n) is 15.6. The molecule has 2 rings (SSSR count). The van der Waals surface area contributed by atoms with Crippen molar-refractivity contribution in [1.82, 2.24) is 0 Å². The van der Waals surface area contributed by atoms with Gasteiger partial charge in [0, 0.05) is 29.0 Å². The lowest BCUT2D eigenvalue weighted by Crippen LogP contribution is -2.41. The molecule has 27 heavy (non-hydrogen) atoms. The average Bonchev–Trinajstić information content (AvgIpc) is 2.59. The van der Waals surface area contributed by atoms with E-state index in [1.807, 2.05) is 6.92 Å². The van der Waals surface area contributed by atoms with E-state index in [0.717, 1.165) is 5.56 Å². The van der Waals surface area contributed by atoms with E-state index in [9.17, 15) is 14.4 Å². The Morgan fingerprint density at radius 1 is 0.815 bits per heavy atom. The van der Waals surface area contributed by atoms with Gasteiger partial charge in [0.2, 0.25) is 17.7 Å². The molecule has 6 nitrogen and oxygen atoms in total. The molecule has 0 aliphatic heterocycles. The van der Waals surface area contributed by atoms with Gasteiger partial charge in [0.15, 0.2) is 0 Å². The van der Waals surface area contributed by atoms with E-state index in [1.165, 1.54) is 6.92 Å². The van der Waals surface area contributed by atoms with E-state index in [4.69, 9.17) is 11.6 Å². The smallest absolute Gasteiger partial charge is 0.239 e.